The third-order valence-corrected chi connectivity index (χ3v) is 7.83. The van der Waals surface area contributed by atoms with Crippen LogP contribution in [0.1, 0.15) is 49.8 Å². The molecule has 1 heterocycles. The van der Waals surface area contributed by atoms with E-state index in [1.165, 1.54) is 31.5 Å². The van der Waals surface area contributed by atoms with Crippen molar-refractivity contribution in [2.24, 2.45) is 23.2 Å². The molecule has 0 saturated heterocycles. The highest BCUT2D eigenvalue weighted by Gasteiger charge is 2.54. The molecular weight excluding hydrogens is 347 g/mol. The lowest BCUT2D eigenvalue weighted by Gasteiger charge is -2.58. The lowest BCUT2D eigenvalue weighted by atomic mass is 9.49. The molecule has 1 atom stereocenters. The predicted octanol–water partition coefficient (Wildman–Crippen LogP) is 5.12. The first-order valence-corrected chi connectivity index (χ1v) is 10.0. The summed E-state index contributed by atoms with van der Waals surface area (Å²) in [6.45, 7) is 0. The average molecular weight is 369 g/mol. The maximum Gasteiger partial charge on any atom is 0.433 e. The van der Waals surface area contributed by atoms with E-state index in [4.69, 9.17) is 0 Å². The maximum absolute atomic E-state index is 12.6. The monoisotopic (exact) mass is 369 g/mol. The van der Waals surface area contributed by atoms with Gasteiger partial charge in [-0.05, 0) is 73.3 Å². The van der Waals surface area contributed by atoms with E-state index in [0.717, 1.165) is 54.9 Å². The van der Waals surface area contributed by atoms with Crippen LogP contribution in [0.5, 0.6) is 0 Å². The van der Waals surface area contributed by atoms with E-state index in [1.807, 2.05) is 0 Å². The van der Waals surface area contributed by atoms with Crippen molar-refractivity contribution >= 4 is 18.0 Å². The molecule has 0 N–H and O–H groups in total. The second-order valence-corrected chi connectivity index (χ2v) is 9.33. The van der Waals surface area contributed by atoms with Gasteiger partial charge in [-0.25, -0.2) is 0 Å². The topological polar surface area (TPSA) is 30.0 Å². The van der Waals surface area contributed by atoms with Crippen LogP contribution >= 0.6 is 11.8 Å². The van der Waals surface area contributed by atoms with Gasteiger partial charge < -0.3 is 4.79 Å². The molecule has 4 aliphatic rings. The van der Waals surface area contributed by atoms with Gasteiger partial charge in [-0.1, -0.05) is 6.07 Å². The largest absolute Gasteiger partial charge is 0.433 e. The zero-order valence-corrected chi connectivity index (χ0v) is 14.8. The van der Waals surface area contributed by atoms with E-state index < -0.39 is 11.9 Å². The van der Waals surface area contributed by atoms with Crippen LogP contribution in [0.4, 0.5) is 13.2 Å². The van der Waals surface area contributed by atoms with Crippen molar-refractivity contribution in [1.29, 1.82) is 0 Å². The summed E-state index contributed by atoms with van der Waals surface area (Å²) < 4.78 is 37.8. The van der Waals surface area contributed by atoms with E-state index in [0.29, 0.717) is 5.75 Å². The van der Waals surface area contributed by atoms with Crippen LogP contribution in [-0.4, -0.2) is 16.5 Å². The highest BCUT2D eigenvalue weighted by molar-refractivity contribution is 7.99. The minimum absolute atomic E-state index is 0.0526. The smallest absolute Gasteiger partial charge is 0.302 e. The molecule has 0 aliphatic heterocycles. The minimum Gasteiger partial charge on any atom is -0.302 e. The Morgan fingerprint density at radius 1 is 1.16 bits per heavy atom. The zero-order valence-electron chi connectivity index (χ0n) is 14.0. The molecule has 1 unspecified atom stereocenters. The molecule has 1 aromatic heterocycles. The number of carbonyl (C=O) groups is 1. The Bertz CT molecular complexity index is 608. The molecule has 4 saturated carbocycles. The van der Waals surface area contributed by atoms with Gasteiger partial charge in [0.1, 0.15) is 12.0 Å². The van der Waals surface area contributed by atoms with Crippen molar-refractivity contribution in [3.05, 3.63) is 29.6 Å². The standard InChI is InChI=1S/C19H22F3NOS/c20-19(21,22)16-2-1-12(9-23-16)11-25-17(10-24)18-6-13-3-14(7-18)5-15(4-13)8-18/h1-2,9-10,13-15,17H,3-8,11H2. The number of rotatable bonds is 5. The molecule has 4 aliphatic carbocycles. The van der Waals surface area contributed by atoms with Crippen molar-refractivity contribution in [2.75, 3.05) is 0 Å². The first kappa shape index (κ1) is 17.4. The van der Waals surface area contributed by atoms with E-state index >= 15 is 0 Å². The van der Waals surface area contributed by atoms with Crippen molar-refractivity contribution in [1.82, 2.24) is 4.98 Å². The normalized spacial score (nSPS) is 34.9. The first-order valence-electron chi connectivity index (χ1n) is 8.97. The van der Waals surface area contributed by atoms with E-state index in [-0.39, 0.29) is 10.7 Å². The molecule has 136 valence electrons. The third-order valence-electron chi connectivity index (χ3n) is 6.36. The number of hydrogen-bond acceptors (Lipinski definition) is 3. The molecule has 6 heteroatoms. The number of aldehydes is 1. The molecule has 2 nitrogen and oxygen atoms in total. The minimum atomic E-state index is -4.41. The van der Waals surface area contributed by atoms with Gasteiger partial charge in [0.15, 0.2) is 0 Å². The fourth-order valence-corrected chi connectivity index (χ4v) is 7.01. The van der Waals surface area contributed by atoms with Crippen LogP contribution in [0, 0.1) is 23.2 Å². The van der Waals surface area contributed by atoms with Crippen LogP contribution in [0.15, 0.2) is 18.3 Å². The highest BCUT2D eigenvalue weighted by Crippen LogP contribution is 2.62. The Kier molecular flexibility index (Phi) is 4.37. The van der Waals surface area contributed by atoms with Crippen molar-refractivity contribution in [3.63, 3.8) is 0 Å². The van der Waals surface area contributed by atoms with Crippen LogP contribution in [-0.2, 0) is 16.7 Å². The van der Waals surface area contributed by atoms with Crippen molar-refractivity contribution < 1.29 is 18.0 Å². The third kappa shape index (κ3) is 3.34. The Labute approximate surface area is 150 Å². The quantitative estimate of drug-likeness (QED) is 0.675. The van der Waals surface area contributed by atoms with Crippen LogP contribution < -0.4 is 0 Å². The number of aromatic nitrogens is 1. The number of alkyl halides is 3. The van der Waals surface area contributed by atoms with E-state index in [1.54, 1.807) is 11.8 Å². The predicted molar refractivity (Wildman–Crippen MR) is 91.0 cm³/mol. The summed E-state index contributed by atoms with van der Waals surface area (Å²) >= 11 is 1.59. The number of carbonyl (C=O) groups excluding carboxylic acids is 1. The lowest BCUT2D eigenvalue weighted by molar-refractivity contribution is -0.141. The molecule has 4 bridgehead atoms. The van der Waals surface area contributed by atoms with Crippen molar-refractivity contribution in [2.45, 2.75) is 55.7 Å². The Balaban J connectivity index is 1.44. The van der Waals surface area contributed by atoms with Crippen LogP contribution in [0.3, 0.4) is 0 Å². The molecule has 4 fully saturated rings. The molecule has 25 heavy (non-hydrogen) atoms. The summed E-state index contributed by atoms with van der Waals surface area (Å²) in [4.78, 5) is 15.4. The second-order valence-electron chi connectivity index (χ2n) is 8.20. The van der Waals surface area contributed by atoms with Gasteiger partial charge in [-0.15, -0.1) is 11.8 Å². The first-order chi connectivity index (χ1) is 11.9. The molecule has 0 aromatic carbocycles. The van der Waals surface area contributed by atoms with E-state index in [2.05, 4.69) is 4.98 Å². The number of halogens is 3. The summed E-state index contributed by atoms with van der Waals surface area (Å²) in [6, 6.07) is 2.50. The summed E-state index contributed by atoms with van der Waals surface area (Å²) in [5.74, 6) is 2.88. The van der Waals surface area contributed by atoms with Crippen molar-refractivity contribution in [3.8, 4) is 0 Å². The van der Waals surface area contributed by atoms with Gasteiger partial charge in [0, 0.05) is 11.9 Å². The van der Waals surface area contributed by atoms with Gasteiger partial charge in [0.25, 0.3) is 0 Å². The second kappa shape index (κ2) is 6.29. The Morgan fingerprint density at radius 3 is 2.20 bits per heavy atom. The molecule has 0 amide bonds. The van der Waals surface area contributed by atoms with Gasteiger partial charge >= 0.3 is 6.18 Å². The number of thioether (sulfide) groups is 1. The average Bonchev–Trinajstić information content (AvgIpc) is 2.53. The SMILES string of the molecule is O=CC(SCc1ccc(C(F)(F)F)nc1)C12CC3CC(CC(C3)C1)C2. The molecule has 1 aromatic rings. The van der Waals surface area contributed by atoms with Crippen LogP contribution in [0.2, 0.25) is 0 Å². The number of nitrogens with zero attached hydrogens (tertiary/aromatic N) is 1. The highest BCUT2D eigenvalue weighted by atomic mass is 32.2. The fraction of sp³-hybridized carbons (Fsp3) is 0.684. The number of pyridine rings is 1. The Hall–Kier alpha value is -1.04. The summed E-state index contributed by atoms with van der Waals surface area (Å²) in [5.41, 5.74) is 0.00407. The summed E-state index contributed by atoms with van der Waals surface area (Å²) in [5, 5.41) is -0.0526. The summed E-state index contributed by atoms with van der Waals surface area (Å²) in [6.07, 6.45) is 5.43. The number of hydrogen-bond donors (Lipinski definition) is 0. The fourth-order valence-electron chi connectivity index (χ4n) is 5.75. The molecule has 0 spiro atoms. The van der Waals surface area contributed by atoms with Crippen LogP contribution in [0.25, 0.3) is 0 Å². The van der Waals surface area contributed by atoms with Gasteiger partial charge in [-0.3, -0.25) is 4.98 Å². The maximum atomic E-state index is 12.6. The Morgan fingerprint density at radius 2 is 1.76 bits per heavy atom. The molecule has 0 radical (unpaired) electrons. The van der Waals surface area contributed by atoms with Gasteiger partial charge in [0.05, 0.1) is 5.25 Å². The lowest BCUT2D eigenvalue weighted by Crippen LogP contribution is -2.51. The van der Waals surface area contributed by atoms with Gasteiger partial charge in [-0.2, -0.15) is 13.2 Å². The molecular formula is C19H22F3NOS. The van der Waals surface area contributed by atoms with E-state index in [9.17, 15) is 18.0 Å². The zero-order chi connectivity index (χ0) is 17.7. The summed E-state index contributed by atoms with van der Waals surface area (Å²) in [7, 11) is 0. The van der Waals surface area contributed by atoms with Gasteiger partial charge in [0.2, 0.25) is 0 Å². The molecule has 5 rings (SSSR count).